The van der Waals surface area contributed by atoms with E-state index in [0.29, 0.717) is 6.61 Å². The maximum absolute atomic E-state index is 12.1. The van der Waals surface area contributed by atoms with Crippen LogP contribution in [0.3, 0.4) is 0 Å². The number of hydrogen-bond donors (Lipinski definition) is 2. The second-order valence-corrected chi connectivity index (χ2v) is 4.63. The SMILES string of the molecule is CCC(COC)NC(=O)[C@@H]1Cc2ccccc2N1. The fourth-order valence-corrected chi connectivity index (χ4v) is 2.22. The zero-order chi connectivity index (χ0) is 13.0. The minimum Gasteiger partial charge on any atom is -0.383 e. The molecule has 0 aromatic heterocycles. The highest BCUT2D eigenvalue weighted by molar-refractivity contribution is 5.87. The number of carbonyl (C=O) groups is 1. The first-order valence-corrected chi connectivity index (χ1v) is 6.38. The molecular weight excluding hydrogens is 228 g/mol. The minimum absolute atomic E-state index is 0.0510. The number of nitrogens with one attached hydrogen (secondary N) is 2. The molecular formula is C14H20N2O2. The number of methoxy groups -OCH3 is 1. The average molecular weight is 248 g/mol. The van der Waals surface area contributed by atoms with Gasteiger partial charge in [0.2, 0.25) is 5.91 Å². The number of carbonyl (C=O) groups excluding carboxylic acids is 1. The molecule has 98 valence electrons. The summed E-state index contributed by atoms with van der Waals surface area (Å²) >= 11 is 0. The molecule has 1 aliphatic heterocycles. The van der Waals surface area contributed by atoms with Gasteiger partial charge in [-0.1, -0.05) is 25.1 Å². The van der Waals surface area contributed by atoms with Crippen molar-refractivity contribution < 1.29 is 9.53 Å². The van der Waals surface area contributed by atoms with Gasteiger partial charge in [0.1, 0.15) is 6.04 Å². The number of rotatable bonds is 5. The monoisotopic (exact) mass is 248 g/mol. The van der Waals surface area contributed by atoms with E-state index in [0.717, 1.165) is 18.5 Å². The Morgan fingerprint density at radius 2 is 2.33 bits per heavy atom. The van der Waals surface area contributed by atoms with E-state index >= 15 is 0 Å². The predicted octanol–water partition coefficient (Wildman–Crippen LogP) is 1.56. The van der Waals surface area contributed by atoms with Crippen LogP contribution in [0.2, 0.25) is 0 Å². The smallest absolute Gasteiger partial charge is 0.243 e. The van der Waals surface area contributed by atoms with Gasteiger partial charge in [-0.2, -0.15) is 0 Å². The average Bonchev–Trinajstić information content (AvgIpc) is 2.82. The van der Waals surface area contributed by atoms with Gasteiger partial charge in [-0.05, 0) is 18.1 Å². The second kappa shape index (κ2) is 5.87. The molecule has 1 aliphatic rings. The fourth-order valence-electron chi connectivity index (χ4n) is 2.22. The summed E-state index contributed by atoms with van der Waals surface area (Å²) in [6.45, 7) is 2.60. The Balaban J connectivity index is 1.92. The molecule has 18 heavy (non-hydrogen) atoms. The van der Waals surface area contributed by atoms with E-state index in [4.69, 9.17) is 4.74 Å². The summed E-state index contributed by atoms with van der Waals surface area (Å²) in [6, 6.07) is 7.98. The third kappa shape index (κ3) is 2.82. The number of hydrogen-bond acceptors (Lipinski definition) is 3. The van der Waals surface area contributed by atoms with Gasteiger partial charge in [0.15, 0.2) is 0 Å². The van der Waals surface area contributed by atoms with E-state index in [9.17, 15) is 4.79 Å². The minimum atomic E-state index is -0.159. The molecule has 1 aromatic carbocycles. The molecule has 0 radical (unpaired) electrons. The predicted molar refractivity (Wildman–Crippen MR) is 71.7 cm³/mol. The molecule has 0 saturated heterocycles. The zero-order valence-electron chi connectivity index (χ0n) is 10.9. The molecule has 4 nitrogen and oxygen atoms in total. The Hall–Kier alpha value is -1.55. The van der Waals surface area contributed by atoms with Crippen molar-refractivity contribution in [3.63, 3.8) is 0 Å². The van der Waals surface area contributed by atoms with Gasteiger partial charge in [0, 0.05) is 19.2 Å². The van der Waals surface area contributed by atoms with Gasteiger partial charge in [0.25, 0.3) is 0 Å². The first-order valence-electron chi connectivity index (χ1n) is 6.38. The zero-order valence-corrected chi connectivity index (χ0v) is 10.9. The Morgan fingerprint density at radius 1 is 1.56 bits per heavy atom. The van der Waals surface area contributed by atoms with Crippen molar-refractivity contribution >= 4 is 11.6 Å². The van der Waals surface area contributed by atoms with E-state index in [2.05, 4.69) is 16.7 Å². The van der Waals surface area contributed by atoms with E-state index < -0.39 is 0 Å². The molecule has 0 aliphatic carbocycles. The van der Waals surface area contributed by atoms with Crippen LogP contribution in [0.15, 0.2) is 24.3 Å². The van der Waals surface area contributed by atoms with E-state index in [1.165, 1.54) is 5.56 Å². The number of amides is 1. The standard InChI is InChI=1S/C14H20N2O2/c1-3-11(9-18-2)15-14(17)13-8-10-6-4-5-7-12(10)16-13/h4-7,11,13,16H,3,8-9H2,1-2H3,(H,15,17)/t11?,13-/m0/s1. The molecule has 2 atom stereocenters. The molecule has 1 unspecified atom stereocenters. The molecule has 2 N–H and O–H groups in total. The lowest BCUT2D eigenvalue weighted by molar-refractivity contribution is -0.122. The van der Waals surface area contributed by atoms with Crippen molar-refractivity contribution in [2.24, 2.45) is 0 Å². The quantitative estimate of drug-likeness (QED) is 0.831. The summed E-state index contributed by atoms with van der Waals surface area (Å²) in [6.07, 6.45) is 1.63. The van der Waals surface area contributed by atoms with E-state index in [-0.39, 0.29) is 18.0 Å². The maximum Gasteiger partial charge on any atom is 0.243 e. The number of fused-ring (bicyclic) bond motifs is 1. The van der Waals surface area contributed by atoms with Crippen LogP contribution in [0.25, 0.3) is 0 Å². The first kappa shape index (κ1) is 12.9. The molecule has 0 bridgehead atoms. The molecule has 1 heterocycles. The molecule has 0 spiro atoms. The molecule has 1 amide bonds. The van der Waals surface area contributed by atoms with Crippen LogP contribution in [-0.4, -0.2) is 31.7 Å². The van der Waals surface area contributed by atoms with Crippen LogP contribution in [0, 0.1) is 0 Å². The third-order valence-corrected chi connectivity index (χ3v) is 3.29. The van der Waals surface area contributed by atoms with Gasteiger partial charge >= 0.3 is 0 Å². The topological polar surface area (TPSA) is 50.4 Å². The van der Waals surface area contributed by atoms with Crippen LogP contribution in [0.1, 0.15) is 18.9 Å². The van der Waals surface area contributed by atoms with Gasteiger partial charge in [-0.25, -0.2) is 0 Å². The summed E-state index contributed by atoms with van der Waals surface area (Å²) < 4.78 is 5.09. The summed E-state index contributed by atoms with van der Waals surface area (Å²) in [7, 11) is 1.65. The lowest BCUT2D eigenvalue weighted by Crippen LogP contribution is -2.45. The number of ether oxygens (including phenoxy) is 1. The van der Waals surface area contributed by atoms with Gasteiger partial charge in [-0.15, -0.1) is 0 Å². The van der Waals surface area contributed by atoms with Crippen LogP contribution in [0.5, 0.6) is 0 Å². The maximum atomic E-state index is 12.1. The van der Waals surface area contributed by atoms with Crippen LogP contribution >= 0.6 is 0 Å². The number of para-hydroxylation sites is 1. The summed E-state index contributed by atoms with van der Waals surface area (Å²) in [5.41, 5.74) is 2.27. The highest BCUT2D eigenvalue weighted by Gasteiger charge is 2.27. The van der Waals surface area contributed by atoms with Gasteiger partial charge in [0.05, 0.1) is 12.6 Å². The summed E-state index contributed by atoms with van der Waals surface area (Å²) in [5, 5.41) is 6.27. The van der Waals surface area contributed by atoms with Crippen molar-refractivity contribution in [2.75, 3.05) is 19.0 Å². The fraction of sp³-hybridized carbons (Fsp3) is 0.500. The summed E-state index contributed by atoms with van der Waals surface area (Å²) in [4.78, 5) is 12.1. The Kier molecular flexibility index (Phi) is 4.20. The van der Waals surface area contributed by atoms with Crippen LogP contribution in [0.4, 0.5) is 5.69 Å². The van der Waals surface area contributed by atoms with Crippen molar-refractivity contribution in [3.8, 4) is 0 Å². The van der Waals surface area contributed by atoms with E-state index in [1.54, 1.807) is 7.11 Å². The van der Waals surface area contributed by atoms with Crippen LogP contribution in [-0.2, 0) is 16.0 Å². The largest absolute Gasteiger partial charge is 0.383 e. The lowest BCUT2D eigenvalue weighted by atomic mass is 10.1. The lowest BCUT2D eigenvalue weighted by Gasteiger charge is -2.19. The molecule has 0 saturated carbocycles. The highest BCUT2D eigenvalue weighted by Crippen LogP contribution is 2.25. The molecule has 4 heteroatoms. The Labute approximate surface area is 108 Å². The second-order valence-electron chi connectivity index (χ2n) is 4.63. The van der Waals surface area contributed by atoms with Gasteiger partial charge in [-0.3, -0.25) is 4.79 Å². The molecule has 0 fully saturated rings. The molecule has 1 aromatic rings. The van der Waals surface area contributed by atoms with Crippen molar-refractivity contribution in [3.05, 3.63) is 29.8 Å². The van der Waals surface area contributed by atoms with Gasteiger partial charge < -0.3 is 15.4 Å². The van der Waals surface area contributed by atoms with Crippen LogP contribution < -0.4 is 10.6 Å². The number of anilines is 1. The van der Waals surface area contributed by atoms with Crippen molar-refractivity contribution in [1.29, 1.82) is 0 Å². The Bertz CT molecular complexity index is 395. The summed E-state index contributed by atoms with van der Waals surface area (Å²) in [5.74, 6) is 0.0510. The highest BCUT2D eigenvalue weighted by atomic mass is 16.5. The number of benzene rings is 1. The third-order valence-electron chi connectivity index (χ3n) is 3.29. The van der Waals surface area contributed by atoms with Crippen molar-refractivity contribution in [1.82, 2.24) is 5.32 Å². The van der Waals surface area contributed by atoms with Crippen molar-refractivity contribution in [2.45, 2.75) is 31.8 Å². The van der Waals surface area contributed by atoms with E-state index in [1.807, 2.05) is 25.1 Å². The Morgan fingerprint density at radius 3 is 3.00 bits per heavy atom. The normalized spacial score (nSPS) is 18.9. The molecule has 2 rings (SSSR count). The first-order chi connectivity index (χ1) is 8.74.